The first-order valence-electron chi connectivity index (χ1n) is 8.41. The molecule has 5 heteroatoms. The Hall–Kier alpha value is -2.66. The maximum atomic E-state index is 11.9. The summed E-state index contributed by atoms with van der Waals surface area (Å²) in [6.45, 7) is 1.38. The Morgan fingerprint density at radius 1 is 1.00 bits per heavy atom. The first-order valence-corrected chi connectivity index (χ1v) is 8.41. The van der Waals surface area contributed by atoms with E-state index in [0.29, 0.717) is 32.8 Å². The molecule has 0 saturated heterocycles. The number of carbonyl (C=O) groups is 2. The summed E-state index contributed by atoms with van der Waals surface area (Å²) in [5.74, 6) is 0.0574. The van der Waals surface area contributed by atoms with E-state index in [1.54, 1.807) is 0 Å². The van der Waals surface area contributed by atoms with Crippen LogP contribution < -0.4 is 5.32 Å². The van der Waals surface area contributed by atoms with E-state index >= 15 is 0 Å². The number of benzene rings is 2. The lowest BCUT2D eigenvalue weighted by molar-refractivity contribution is -0.108. The van der Waals surface area contributed by atoms with E-state index in [1.807, 2.05) is 24.3 Å². The van der Waals surface area contributed by atoms with Crippen LogP contribution in [-0.2, 0) is 14.3 Å². The largest absolute Gasteiger partial charge is 0.449 e. The third-order valence-electron chi connectivity index (χ3n) is 4.24. The zero-order chi connectivity index (χ0) is 17.5. The summed E-state index contributed by atoms with van der Waals surface area (Å²) in [6.07, 6.45) is 0.713. The molecule has 2 aromatic rings. The second-order valence-corrected chi connectivity index (χ2v) is 5.82. The predicted octanol–water partition coefficient (Wildman–Crippen LogP) is 3.13. The van der Waals surface area contributed by atoms with Gasteiger partial charge in [-0.05, 0) is 22.3 Å². The normalized spacial score (nSPS) is 12.3. The first-order chi connectivity index (χ1) is 12.3. The van der Waals surface area contributed by atoms with Gasteiger partial charge >= 0.3 is 6.09 Å². The molecule has 0 fully saturated rings. The van der Waals surface area contributed by atoms with Crippen LogP contribution in [0.2, 0.25) is 0 Å². The standard InChI is InChI=1S/C20H21NO4/c22-11-5-12-24-13-10-21-20(23)25-14-19-17-8-3-1-6-15(17)16-7-2-4-9-18(16)19/h1-4,6-9,11,19H,5,10,12-14H2,(H,21,23). The molecule has 0 aliphatic heterocycles. The van der Waals surface area contributed by atoms with Crippen molar-refractivity contribution in [3.63, 3.8) is 0 Å². The maximum Gasteiger partial charge on any atom is 0.407 e. The number of ether oxygens (including phenoxy) is 2. The number of amides is 1. The molecule has 3 rings (SSSR count). The van der Waals surface area contributed by atoms with E-state index in [0.717, 1.165) is 6.29 Å². The third-order valence-corrected chi connectivity index (χ3v) is 4.24. The third kappa shape index (κ3) is 4.06. The highest BCUT2D eigenvalue weighted by atomic mass is 16.5. The van der Waals surface area contributed by atoms with E-state index < -0.39 is 6.09 Å². The van der Waals surface area contributed by atoms with Crippen LogP contribution in [0, 0.1) is 0 Å². The molecule has 0 radical (unpaired) electrons. The molecule has 0 bridgehead atoms. The van der Waals surface area contributed by atoms with Gasteiger partial charge in [-0.3, -0.25) is 0 Å². The molecule has 0 saturated carbocycles. The fraction of sp³-hybridized carbons (Fsp3) is 0.300. The van der Waals surface area contributed by atoms with Crippen LogP contribution in [0.3, 0.4) is 0 Å². The molecule has 2 aromatic carbocycles. The van der Waals surface area contributed by atoms with Gasteiger partial charge in [0.15, 0.2) is 0 Å². The van der Waals surface area contributed by atoms with Crippen LogP contribution in [0.1, 0.15) is 23.5 Å². The van der Waals surface area contributed by atoms with Crippen molar-refractivity contribution >= 4 is 12.4 Å². The molecule has 0 atom stereocenters. The van der Waals surface area contributed by atoms with Crippen LogP contribution in [0.15, 0.2) is 48.5 Å². The average Bonchev–Trinajstić information content (AvgIpc) is 2.97. The number of carbonyl (C=O) groups excluding carboxylic acids is 2. The summed E-state index contributed by atoms with van der Waals surface area (Å²) in [5, 5.41) is 2.66. The number of hydrogen-bond acceptors (Lipinski definition) is 4. The monoisotopic (exact) mass is 339 g/mol. The first kappa shape index (κ1) is 17.2. The minimum absolute atomic E-state index is 0.0574. The summed E-state index contributed by atoms with van der Waals surface area (Å²) >= 11 is 0. The highest BCUT2D eigenvalue weighted by Gasteiger charge is 2.28. The molecular formula is C20H21NO4. The molecule has 1 aliphatic carbocycles. The Morgan fingerprint density at radius 2 is 1.64 bits per heavy atom. The summed E-state index contributed by atoms with van der Waals surface area (Å²) in [7, 11) is 0. The maximum absolute atomic E-state index is 11.9. The molecule has 1 aliphatic rings. The van der Waals surface area contributed by atoms with Crippen molar-refractivity contribution in [2.24, 2.45) is 0 Å². The smallest absolute Gasteiger partial charge is 0.407 e. The highest BCUT2D eigenvalue weighted by molar-refractivity contribution is 5.79. The van der Waals surface area contributed by atoms with Gasteiger partial charge in [-0.1, -0.05) is 48.5 Å². The van der Waals surface area contributed by atoms with Gasteiger partial charge in [0.2, 0.25) is 0 Å². The van der Waals surface area contributed by atoms with Gasteiger partial charge < -0.3 is 19.6 Å². The molecular weight excluding hydrogens is 318 g/mol. The fourth-order valence-electron chi connectivity index (χ4n) is 3.11. The van der Waals surface area contributed by atoms with Gasteiger partial charge in [0.05, 0.1) is 13.2 Å². The SMILES string of the molecule is O=CCCOCCNC(=O)OCC1c2ccccc2-c2ccccc21. The Morgan fingerprint density at radius 3 is 2.28 bits per heavy atom. The van der Waals surface area contributed by atoms with Crippen LogP contribution >= 0.6 is 0 Å². The van der Waals surface area contributed by atoms with Crippen LogP contribution in [0.25, 0.3) is 11.1 Å². The number of nitrogens with one attached hydrogen (secondary N) is 1. The lowest BCUT2D eigenvalue weighted by atomic mass is 9.98. The average molecular weight is 339 g/mol. The van der Waals surface area contributed by atoms with Gasteiger partial charge in [-0.25, -0.2) is 4.79 Å². The second-order valence-electron chi connectivity index (χ2n) is 5.82. The van der Waals surface area contributed by atoms with Crippen molar-refractivity contribution < 1.29 is 19.1 Å². The number of alkyl carbamates (subject to hydrolysis) is 1. The van der Waals surface area contributed by atoms with Crippen molar-refractivity contribution in [3.8, 4) is 11.1 Å². The Kier molecular flexibility index (Phi) is 5.80. The summed E-state index contributed by atoms with van der Waals surface area (Å²) in [4.78, 5) is 22.0. The Bertz CT molecular complexity index is 698. The number of hydrogen-bond donors (Lipinski definition) is 1. The van der Waals surface area contributed by atoms with E-state index in [2.05, 4.69) is 29.6 Å². The zero-order valence-electron chi connectivity index (χ0n) is 13.9. The zero-order valence-corrected chi connectivity index (χ0v) is 13.9. The Balaban J connectivity index is 1.53. The van der Waals surface area contributed by atoms with Crippen molar-refractivity contribution in [1.82, 2.24) is 5.32 Å². The molecule has 1 amide bonds. The molecule has 130 valence electrons. The quantitative estimate of drug-likeness (QED) is 0.593. The van der Waals surface area contributed by atoms with E-state index in [-0.39, 0.29) is 5.92 Å². The predicted molar refractivity (Wildman–Crippen MR) is 94.6 cm³/mol. The summed E-state index contributed by atoms with van der Waals surface area (Å²) in [6, 6.07) is 16.4. The van der Waals surface area contributed by atoms with Gasteiger partial charge in [0.1, 0.15) is 12.9 Å². The van der Waals surface area contributed by atoms with Crippen LogP contribution in [-0.4, -0.2) is 38.7 Å². The fourth-order valence-corrected chi connectivity index (χ4v) is 3.11. The number of rotatable bonds is 8. The topological polar surface area (TPSA) is 64.6 Å². The van der Waals surface area contributed by atoms with E-state index in [4.69, 9.17) is 9.47 Å². The summed E-state index contributed by atoms with van der Waals surface area (Å²) < 4.78 is 10.6. The molecule has 0 heterocycles. The van der Waals surface area contributed by atoms with Crippen molar-refractivity contribution in [2.75, 3.05) is 26.4 Å². The van der Waals surface area contributed by atoms with Crippen molar-refractivity contribution in [3.05, 3.63) is 59.7 Å². The number of aldehydes is 1. The van der Waals surface area contributed by atoms with Crippen molar-refractivity contribution in [1.29, 1.82) is 0 Å². The van der Waals surface area contributed by atoms with Gasteiger partial charge in [-0.2, -0.15) is 0 Å². The molecule has 25 heavy (non-hydrogen) atoms. The lowest BCUT2D eigenvalue weighted by Crippen LogP contribution is -2.29. The molecule has 5 nitrogen and oxygen atoms in total. The second kappa shape index (κ2) is 8.44. The highest BCUT2D eigenvalue weighted by Crippen LogP contribution is 2.44. The van der Waals surface area contributed by atoms with Crippen LogP contribution in [0.4, 0.5) is 4.79 Å². The number of fused-ring (bicyclic) bond motifs is 3. The molecule has 0 aromatic heterocycles. The molecule has 0 spiro atoms. The minimum Gasteiger partial charge on any atom is -0.449 e. The van der Waals surface area contributed by atoms with Gasteiger partial charge in [0.25, 0.3) is 0 Å². The lowest BCUT2D eigenvalue weighted by Gasteiger charge is -2.14. The van der Waals surface area contributed by atoms with Gasteiger partial charge in [-0.15, -0.1) is 0 Å². The molecule has 0 unspecified atom stereocenters. The van der Waals surface area contributed by atoms with Crippen molar-refractivity contribution in [2.45, 2.75) is 12.3 Å². The van der Waals surface area contributed by atoms with E-state index in [9.17, 15) is 9.59 Å². The minimum atomic E-state index is -0.458. The van der Waals surface area contributed by atoms with Gasteiger partial charge in [0, 0.05) is 18.9 Å². The summed E-state index contributed by atoms with van der Waals surface area (Å²) in [5.41, 5.74) is 4.79. The Labute approximate surface area is 147 Å². The molecule has 1 N–H and O–H groups in total. The van der Waals surface area contributed by atoms with E-state index in [1.165, 1.54) is 22.3 Å². The van der Waals surface area contributed by atoms with Crippen LogP contribution in [0.5, 0.6) is 0 Å².